The van der Waals surface area contributed by atoms with Gasteiger partial charge in [0.15, 0.2) is 11.6 Å². The molecule has 0 N–H and O–H groups in total. The number of rotatable bonds is 10. The third-order valence-electron chi connectivity index (χ3n) is 6.37. The smallest absolute Gasteiger partial charge is 0.270 e. The summed E-state index contributed by atoms with van der Waals surface area (Å²) in [6.45, 7) is 11.6. The zero-order valence-electron chi connectivity index (χ0n) is 24.9. The quantitative estimate of drug-likeness (QED) is 0.186. The van der Waals surface area contributed by atoms with Gasteiger partial charge in [0.1, 0.15) is 24.2 Å². The molecular weight excluding hydrogens is 528 g/mol. The van der Waals surface area contributed by atoms with Crippen molar-refractivity contribution in [3.05, 3.63) is 70.6 Å². The first kappa shape index (κ1) is 31.4. The summed E-state index contributed by atoms with van der Waals surface area (Å²) in [6, 6.07) is 3.37. The van der Waals surface area contributed by atoms with Crippen molar-refractivity contribution in [3.8, 4) is 23.1 Å². The lowest BCUT2D eigenvalue weighted by Crippen LogP contribution is -2.12. The fraction of sp³-hybridized carbons (Fsp3) is 0.419. The molecule has 0 radical (unpaired) electrons. The van der Waals surface area contributed by atoms with Gasteiger partial charge in [-0.3, -0.25) is 9.78 Å². The van der Waals surface area contributed by atoms with Crippen molar-refractivity contribution in [1.82, 2.24) is 24.9 Å². The highest BCUT2D eigenvalue weighted by atomic mass is 19.3. The second kappa shape index (κ2) is 13.5. The maximum atomic E-state index is 13.8. The van der Waals surface area contributed by atoms with Crippen LogP contribution >= 0.6 is 0 Å². The summed E-state index contributed by atoms with van der Waals surface area (Å²) >= 11 is 0. The maximum Gasteiger partial charge on any atom is 0.270 e. The molecule has 0 spiro atoms. The first-order valence-electron chi connectivity index (χ1n) is 13.6. The molecule has 41 heavy (non-hydrogen) atoms. The van der Waals surface area contributed by atoms with E-state index in [0.717, 1.165) is 36.6 Å². The molecule has 1 aliphatic rings. The van der Waals surface area contributed by atoms with Gasteiger partial charge < -0.3 is 9.47 Å². The Labute approximate surface area is 240 Å². The average Bonchev–Trinajstić information content (AvgIpc) is 3.80. The van der Waals surface area contributed by atoms with E-state index in [0.29, 0.717) is 22.7 Å². The number of allylic oxidation sites excluding steroid dienone is 4. The van der Waals surface area contributed by atoms with Crippen molar-refractivity contribution < 1.29 is 23.0 Å². The van der Waals surface area contributed by atoms with Crippen molar-refractivity contribution in [2.45, 2.75) is 79.8 Å². The number of Topliss-reactive ketones (excluding diaryl/α,β-unsaturated/α-hetero) is 1. The lowest BCUT2D eigenvalue weighted by Gasteiger charge is -2.14. The molecule has 10 heteroatoms. The highest BCUT2D eigenvalue weighted by molar-refractivity contribution is 5.93. The van der Waals surface area contributed by atoms with E-state index < -0.39 is 5.92 Å². The number of carbonyl (C=O) groups is 1. The van der Waals surface area contributed by atoms with E-state index in [4.69, 9.17) is 9.47 Å². The maximum absolute atomic E-state index is 13.8. The van der Waals surface area contributed by atoms with Gasteiger partial charge in [-0.05, 0) is 56.9 Å². The normalized spacial score (nSPS) is 13.8. The number of methoxy groups -OCH3 is 1. The molecule has 0 unspecified atom stereocenters. The van der Waals surface area contributed by atoms with Crippen LogP contribution in [0.3, 0.4) is 0 Å². The Balaban J connectivity index is 0.00000226. The summed E-state index contributed by atoms with van der Waals surface area (Å²) in [6.07, 6.45) is 7.93. The number of pyridine rings is 1. The minimum absolute atomic E-state index is 0.0697. The fourth-order valence-electron chi connectivity index (χ4n) is 4.25. The standard InChI is InChI=1S/C29H31F2N5O3.C2H6/c1-7-21(29(5,30)31)11-17(3)25-16(2)10-19(13-32-25)14-39-23-12-22(18(4)37)35-27(36-23)24-26(20-8-9-20)33-15-34-28(24)38-6;1-2/h7,10-13,15,20H,8-9,14H2,1-6H3;1-2H3/b17-11+,21-7+;. The summed E-state index contributed by atoms with van der Waals surface area (Å²) in [4.78, 5) is 34.4. The van der Waals surface area contributed by atoms with Gasteiger partial charge in [0, 0.05) is 43.2 Å². The van der Waals surface area contributed by atoms with Crippen LogP contribution in [0, 0.1) is 6.92 Å². The fourth-order valence-corrected chi connectivity index (χ4v) is 4.25. The number of carbonyl (C=O) groups excluding carboxylic acids is 1. The number of hydrogen-bond donors (Lipinski definition) is 0. The number of hydrogen-bond acceptors (Lipinski definition) is 8. The van der Waals surface area contributed by atoms with Crippen molar-refractivity contribution >= 4 is 11.4 Å². The van der Waals surface area contributed by atoms with Crippen LogP contribution < -0.4 is 9.47 Å². The van der Waals surface area contributed by atoms with Gasteiger partial charge in [0.2, 0.25) is 11.8 Å². The SMILES string of the molecule is C/C=C(\C=C(/C)c1ncc(COc2cc(C(C)=O)nc(-c3c(OC)ncnc3C3CC3)n2)cc1C)C(C)(F)F.CC. The second-order valence-corrected chi connectivity index (χ2v) is 9.65. The number of ether oxygens (including phenoxy) is 2. The van der Waals surface area contributed by atoms with Crippen molar-refractivity contribution in [2.75, 3.05) is 7.11 Å². The van der Waals surface area contributed by atoms with Crippen LogP contribution in [0.4, 0.5) is 8.78 Å². The molecule has 0 bridgehead atoms. The molecule has 0 aliphatic heterocycles. The van der Waals surface area contributed by atoms with Crippen molar-refractivity contribution in [1.29, 1.82) is 0 Å². The molecule has 1 fully saturated rings. The third kappa shape index (κ3) is 7.77. The van der Waals surface area contributed by atoms with E-state index >= 15 is 0 Å². The van der Waals surface area contributed by atoms with Crippen LogP contribution in [0.1, 0.15) is 93.3 Å². The van der Waals surface area contributed by atoms with Gasteiger partial charge in [0.25, 0.3) is 5.92 Å². The van der Waals surface area contributed by atoms with Gasteiger partial charge in [-0.25, -0.2) is 23.7 Å². The third-order valence-corrected chi connectivity index (χ3v) is 6.37. The highest BCUT2D eigenvalue weighted by Gasteiger charge is 2.32. The molecular formula is C31H37F2N5O3. The van der Waals surface area contributed by atoms with E-state index in [9.17, 15) is 13.6 Å². The van der Waals surface area contributed by atoms with Crippen LogP contribution in [0.2, 0.25) is 0 Å². The topological polar surface area (TPSA) is 100.0 Å². The van der Waals surface area contributed by atoms with Gasteiger partial charge in [-0.15, -0.1) is 0 Å². The lowest BCUT2D eigenvalue weighted by atomic mass is 10.0. The molecule has 0 saturated heterocycles. The van der Waals surface area contributed by atoms with E-state index in [1.807, 2.05) is 26.8 Å². The molecule has 8 nitrogen and oxygen atoms in total. The minimum Gasteiger partial charge on any atom is -0.480 e. The van der Waals surface area contributed by atoms with E-state index in [2.05, 4.69) is 24.9 Å². The second-order valence-electron chi connectivity index (χ2n) is 9.65. The first-order valence-corrected chi connectivity index (χ1v) is 13.6. The average molecular weight is 566 g/mol. The molecule has 4 rings (SSSR count). The zero-order chi connectivity index (χ0) is 30.3. The molecule has 1 aliphatic carbocycles. The van der Waals surface area contributed by atoms with Gasteiger partial charge >= 0.3 is 0 Å². The number of aryl methyl sites for hydroxylation is 1. The Kier molecular flexibility index (Phi) is 10.4. The van der Waals surface area contributed by atoms with Crippen LogP contribution in [0.5, 0.6) is 11.8 Å². The van der Waals surface area contributed by atoms with Gasteiger partial charge in [0.05, 0.1) is 18.5 Å². The monoisotopic (exact) mass is 565 g/mol. The van der Waals surface area contributed by atoms with Crippen LogP contribution in [0.25, 0.3) is 17.0 Å². The summed E-state index contributed by atoms with van der Waals surface area (Å²) < 4.78 is 39.1. The molecule has 0 atom stereocenters. The largest absolute Gasteiger partial charge is 0.480 e. The number of ketones is 1. The molecule has 0 amide bonds. The Hall–Kier alpha value is -4.08. The molecule has 1 saturated carbocycles. The minimum atomic E-state index is -2.94. The van der Waals surface area contributed by atoms with Crippen LogP contribution in [-0.4, -0.2) is 43.7 Å². The van der Waals surface area contributed by atoms with E-state index in [1.54, 1.807) is 20.0 Å². The Morgan fingerprint density at radius 1 is 1.12 bits per heavy atom. The Morgan fingerprint density at radius 3 is 2.39 bits per heavy atom. The molecule has 3 aromatic heterocycles. The van der Waals surface area contributed by atoms with Crippen molar-refractivity contribution in [3.63, 3.8) is 0 Å². The molecule has 0 aromatic carbocycles. The highest BCUT2D eigenvalue weighted by Crippen LogP contribution is 2.45. The van der Waals surface area contributed by atoms with Crippen molar-refractivity contribution in [2.24, 2.45) is 0 Å². The Bertz CT molecular complexity index is 1460. The predicted octanol–water partition coefficient (Wildman–Crippen LogP) is 7.34. The van der Waals surface area contributed by atoms with E-state index in [-0.39, 0.29) is 41.3 Å². The lowest BCUT2D eigenvalue weighted by molar-refractivity contribution is 0.0673. The molecule has 3 aromatic rings. The number of nitrogens with zero attached hydrogens (tertiary/aromatic N) is 5. The number of aromatic nitrogens is 5. The van der Waals surface area contributed by atoms with Crippen LogP contribution in [0.15, 0.2) is 42.4 Å². The van der Waals surface area contributed by atoms with Gasteiger partial charge in [-0.2, -0.15) is 4.98 Å². The van der Waals surface area contributed by atoms with Crippen LogP contribution in [-0.2, 0) is 6.61 Å². The zero-order valence-corrected chi connectivity index (χ0v) is 24.9. The first-order chi connectivity index (χ1) is 19.5. The predicted molar refractivity (Wildman–Crippen MR) is 154 cm³/mol. The molecule has 3 heterocycles. The Morgan fingerprint density at radius 2 is 1.83 bits per heavy atom. The summed E-state index contributed by atoms with van der Waals surface area (Å²) in [5.41, 5.74) is 4.28. The summed E-state index contributed by atoms with van der Waals surface area (Å²) in [5, 5.41) is 0. The van der Waals surface area contributed by atoms with E-state index in [1.165, 1.54) is 38.6 Å². The van der Waals surface area contributed by atoms with Gasteiger partial charge in [-0.1, -0.05) is 19.9 Å². The summed E-state index contributed by atoms with van der Waals surface area (Å²) in [5.74, 6) is -2.12. The number of halogens is 2. The summed E-state index contributed by atoms with van der Waals surface area (Å²) in [7, 11) is 1.51. The molecule has 218 valence electrons. The number of alkyl halides is 2.